The molecular formula is C15H17N7. The fraction of sp³-hybridized carbons (Fsp3) is 0.333. The van der Waals surface area contributed by atoms with E-state index in [0.717, 1.165) is 49.0 Å². The normalized spacial score (nSPS) is 16.3. The maximum Gasteiger partial charge on any atom is 0.180 e. The molecule has 0 atom stereocenters. The minimum absolute atomic E-state index is 0.859. The van der Waals surface area contributed by atoms with E-state index in [0.29, 0.717) is 0 Å². The van der Waals surface area contributed by atoms with Crippen LogP contribution in [0.5, 0.6) is 0 Å². The maximum atomic E-state index is 4.57. The molecule has 7 heteroatoms. The zero-order chi connectivity index (χ0) is 14.9. The molecule has 4 rings (SSSR count). The predicted molar refractivity (Wildman–Crippen MR) is 83.7 cm³/mol. The molecule has 0 radical (unpaired) electrons. The lowest BCUT2D eigenvalue weighted by Gasteiger charge is -2.33. The smallest absolute Gasteiger partial charge is 0.180 e. The molecule has 112 valence electrons. The largest absolute Gasteiger partial charge is 0.351 e. The Kier molecular flexibility index (Phi) is 3.19. The highest BCUT2D eigenvalue weighted by molar-refractivity contribution is 5.70. The van der Waals surface area contributed by atoms with Gasteiger partial charge in [0.15, 0.2) is 11.5 Å². The SMILES string of the molecule is CN1CCN(c2nccn3c(-c4ccncn4)cnc23)CC1. The zero-order valence-electron chi connectivity index (χ0n) is 12.4. The first-order chi connectivity index (χ1) is 10.8. The van der Waals surface area contributed by atoms with Crippen molar-refractivity contribution in [3.8, 4) is 11.4 Å². The monoisotopic (exact) mass is 295 g/mol. The number of fused-ring (bicyclic) bond motifs is 1. The van der Waals surface area contributed by atoms with Crippen molar-refractivity contribution in [3.63, 3.8) is 0 Å². The van der Waals surface area contributed by atoms with Gasteiger partial charge in [-0.2, -0.15) is 0 Å². The van der Waals surface area contributed by atoms with Crippen LogP contribution < -0.4 is 4.90 Å². The summed E-state index contributed by atoms with van der Waals surface area (Å²) < 4.78 is 2.04. The molecule has 7 nitrogen and oxygen atoms in total. The molecule has 0 spiro atoms. The first-order valence-corrected chi connectivity index (χ1v) is 7.35. The Balaban J connectivity index is 1.77. The Morgan fingerprint density at radius 2 is 1.86 bits per heavy atom. The second-order valence-corrected chi connectivity index (χ2v) is 5.47. The van der Waals surface area contributed by atoms with Crippen molar-refractivity contribution in [1.82, 2.24) is 29.2 Å². The first kappa shape index (κ1) is 13.1. The van der Waals surface area contributed by atoms with E-state index in [4.69, 9.17) is 0 Å². The summed E-state index contributed by atoms with van der Waals surface area (Å²) >= 11 is 0. The molecule has 0 amide bonds. The molecule has 1 aliphatic rings. The Bertz CT molecular complexity index is 775. The highest BCUT2D eigenvalue weighted by atomic mass is 15.3. The van der Waals surface area contributed by atoms with Crippen LogP contribution in [0.3, 0.4) is 0 Å². The summed E-state index contributed by atoms with van der Waals surface area (Å²) in [5.74, 6) is 0.941. The lowest BCUT2D eigenvalue weighted by Crippen LogP contribution is -2.45. The lowest BCUT2D eigenvalue weighted by molar-refractivity contribution is 0.312. The maximum absolute atomic E-state index is 4.57. The third-order valence-corrected chi connectivity index (χ3v) is 4.06. The number of nitrogens with zero attached hydrogens (tertiary/aromatic N) is 7. The lowest BCUT2D eigenvalue weighted by atomic mass is 10.3. The molecule has 0 saturated carbocycles. The van der Waals surface area contributed by atoms with Gasteiger partial charge in [0.1, 0.15) is 6.33 Å². The molecule has 0 aliphatic carbocycles. The summed E-state index contributed by atoms with van der Waals surface area (Å²) in [7, 11) is 2.15. The van der Waals surface area contributed by atoms with Crippen LogP contribution in [0.2, 0.25) is 0 Å². The van der Waals surface area contributed by atoms with Crippen molar-refractivity contribution in [2.24, 2.45) is 0 Å². The van der Waals surface area contributed by atoms with Crippen molar-refractivity contribution in [3.05, 3.63) is 37.2 Å². The number of imidazole rings is 1. The minimum Gasteiger partial charge on any atom is -0.351 e. The van der Waals surface area contributed by atoms with Gasteiger partial charge in [0.25, 0.3) is 0 Å². The van der Waals surface area contributed by atoms with Crippen molar-refractivity contribution >= 4 is 11.5 Å². The van der Waals surface area contributed by atoms with Crippen molar-refractivity contribution in [2.75, 3.05) is 38.1 Å². The molecular weight excluding hydrogens is 278 g/mol. The molecule has 3 aromatic heterocycles. The second-order valence-electron chi connectivity index (χ2n) is 5.47. The quantitative estimate of drug-likeness (QED) is 0.701. The Morgan fingerprint density at radius 1 is 1.00 bits per heavy atom. The van der Waals surface area contributed by atoms with Gasteiger partial charge in [-0.15, -0.1) is 0 Å². The number of hydrogen-bond acceptors (Lipinski definition) is 6. The summed E-state index contributed by atoms with van der Waals surface area (Å²) in [6.07, 6.45) is 8.90. The molecule has 0 aromatic carbocycles. The van der Waals surface area contributed by atoms with Gasteiger partial charge in [-0.05, 0) is 13.1 Å². The van der Waals surface area contributed by atoms with Crippen LogP contribution in [0.1, 0.15) is 0 Å². The van der Waals surface area contributed by atoms with Gasteiger partial charge in [-0.3, -0.25) is 4.40 Å². The second kappa shape index (κ2) is 5.34. The summed E-state index contributed by atoms with van der Waals surface area (Å²) in [4.78, 5) is 22.0. The van der Waals surface area contributed by atoms with E-state index < -0.39 is 0 Å². The van der Waals surface area contributed by atoms with Crippen LogP contribution in [0.15, 0.2) is 37.2 Å². The number of aromatic nitrogens is 5. The van der Waals surface area contributed by atoms with E-state index in [1.807, 2.05) is 29.1 Å². The Hall–Kier alpha value is -2.54. The van der Waals surface area contributed by atoms with E-state index in [9.17, 15) is 0 Å². The van der Waals surface area contributed by atoms with Crippen LogP contribution in [0.25, 0.3) is 17.0 Å². The zero-order valence-corrected chi connectivity index (χ0v) is 12.4. The minimum atomic E-state index is 0.859. The Morgan fingerprint density at radius 3 is 2.64 bits per heavy atom. The molecule has 0 N–H and O–H groups in total. The first-order valence-electron chi connectivity index (χ1n) is 7.35. The third-order valence-electron chi connectivity index (χ3n) is 4.06. The molecule has 0 bridgehead atoms. The standard InChI is InChI=1S/C15H17N7/c1-20-6-8-21(9-7-20)14-15-18-10-13(22(15)5-4-17-14)12-2-3-16-11-19-12/h2-5,10-11H,6-9H2,1H3. The van der Waals surface area contributed by atoms with Gasteiger partial charge in [-0.25, -0.2) is 19.9 Å². The molecule has 3 aromatic rings. The van der Waals surface area contributed by atoms with Crippen LogP contribution in [0, 0.1) is 0 Å². The average Bonchev–Trinajstić information content (AvgIpc) is 3.00. The molecule has 1 saturated heterocycles. The molecule has 22 heavy (non-hydrogen) atoms. The van der Waals surface area contributed by atoms with Crippen molar-refractivity contribution < 1.29 is 0 Å². The predicted octanol–water partition coefficient (Wildman–Crippen LogP) is 0.938. The summed E-state index contributed by atoms with van der Waals surface area (Å²) in [6, 6.07) is 1.89. The average molecular weight is 295 g/mol. The fourth-order valence-electron chi connectivity index (χ4n) is 2.78. The highest BCUT2D eigenvalue weighted by Crippen LogP contribution is 2.24. The van der Waals surface area contributed by atoms with E-state index >= 15 is 0 Å². The van der Waals surface area contributed by atoms with Crippen LogP contribution in [0.4, 0.5) is 5.82 Å². The number of piperazine rings is 1. The van der Waals surface area contributed by atoms with Gasteiger partial charge in [-0.1, -0.05) is 0 Å². The van der Waals surface area contributed by atoms with Crippen LogP contribution >= 0.6 is 0 Å². The summed E-state index contributed by atoms with van der Waals surface area (Å²) in [6.45, 7) is 4.03. The van der Waals surface area contributed by atoms with E-state index in [1.54, 1.807) is 12.5 Å². The topological polar surface area (TPSA) is 62.5 Å². The van der Waals surface area contributed by atoms with Gasteiger partial charge in [0.05, 0.1) is 17.6 Å². The highest BCUT2D eigenvalue weighted by Gasteiger charge is 2.19. The molecule has 1 fully saturated rings. The molecule has 4 heterocycles. The molecule has 0 unspecified atom stereocenters. The number of hydrogen-bond donors (Lipinski definition) is 0. The Labute approximate surface area is 128 Å². The van der Waals surface area contributed by atoms with E-state index in [-0.39, 0.29) is 0 Å². The van der Waals surface area contributed by atoms with Gasteiger partial charge < -0.3 is 9.80 Å². The van der Waals surface area contributed by atoms with Crippen molar-refractivity contribution in [2.45, 2.75) is 0 Å². The molecule has 1 aliphatic heterocycles. The third kappa shape index (κ3) is 2.19. The van der Waals surface area contributed by atoms with Crippen molar-refractivity contribution in [1.29, 1.82) is 0 Å². The van der Waals surface area contributed by atoms with Gasteiger partial charge in [0, 0.05) is 44.8 Å². The van der Waals surface area contributed by atoms with Gasteiger partial charge in [0.2, 0.25) is 0 Å². The van der Waals surface area contributed by atoms with E-state index in [2.05, 4.69) is 36.8 Å². The van der Waals surface area contributed by atoms with Crippen LogP contribution in [-0.4, -0.2) is 62.5 Å². The van der Waals surface area contributed by atoms with Gasteiger partial charge >= 0.3 is 0 Å². The summed E-state index contributed by atoms with van der Waals surface area (Å²) in [5, 5.41) is 0. The fourth-order valence-corrected chi connectivity index (χ4v) is 2.78. The van der Waals surface area contributed by atoms with Crippen LogP contribution in [-0.2, 0) is 0 Å². The number of anilines is 1. The number of rotatable bonds is 2. The number of likely N-dealkylation sites (N-methyl/N-ethyl adjacent to an activating group) is 1. The van der Waals surface area contributed by atoms with E-state index in [1.165, 1.54) is 0 Å². The summed E-state index contributed by atoms with van der Waals surface area (Å²) in [5.41, 5.74) is 2.69.